The van der Waals surface area contributed by atoms with Crippen molar-refractivity contribution >= 4 is 0 Å². The van der Waals surface area contributed by atoms with Gasteiger partial charge in [-0.2, -0.15) is 0 Å². The van der Waals surface area contributed by atoms with Crippen LogP contribution in [0.1, 0.15) is 59.8 Å². The van der Waals surface area contributed by atoms with Crippen LogP contribution in [0.2, 0.25) is 0 Å². The maximum absolute atomic E-state index is 10.1. The second-order valence-electron chi connectivity index (χ2n) is 6.49. The Morgan fingerprint density at radius 3 is 2.35 bits per heavy atom. The molecule has 0 aliphatic rings. The van der Waals surface area contributed by atoms with Gasteiger partial charge in [0.05, 0.1) is 6.10 Å². The van der Waals surface area contributed by atoms with Gasteiger partial charge in [0.1, 0.15) is 0 Å². The lowest BCUT2D eigenvalue weighted by atomic mass is 9.92. The number of hydrogen-bond acceptors (Lipinski definition) is 2. The van der Waals surface area contributed by atoms with Crippen molar-refractivity contribution in [3.8, 4) is 0 Å². The Morgan fingerprint density at radius 2 is 1.80 bits per heavy atom. The molecule has 2 nitrogen and oxygen atoms in total. The number of aliphatic hydroxyl groups is 2. The molecule has 0 saturated heterocycles. The summed E-state index contributed by atoms with van der Waals surface area (Å²) in [6, 6.07) is 0. The molecule has 4 unspecified atom stereocenters. The third-order valence-corrected chi connectivity index (χ3v) is 3.90. The van der Waals surface area contributed by atoms with E-state index in [1.807, 2.05) is 13.0 Å². The highest BCUT2D eigenvalue weighted by molar-refractivity contribution is 5.06. The molecule has 0 amide bonds. The number of rotatable bonds is 11. The van der Waals surface area contributed by atoms with Crippen LogP contribution < -0.4 is 0 Å². The fourth-order valence-electron chi connectivity index (χ4n) is 2.66. The average Bonchev–Trinajstić information content (AvgIpc) is 2.38. The Hall–Kier alpha value is -0.600. The molecule has 0 aromatic carbocycles. The molecule has 20 heavy (non-hydrogen) atoms. The maximum Gasteiger partial charge on any atom is 0.0747 e. The van der Waals surface area contributed by atoms with E-state index in [1.165, 1.54) is 0 Å². The maximum atomic E-state index is 10.1. The van der Waals surface area contributed by atoms with Gasteiger partial charge in [0.25, 0.3) is 0 Å². The van der Waals surface area contributed by atoms with Crippen LogP contribution in [-0.2, 0) is 0 Å². The summed E-state index contributed by atoms with van der Waals surface area (Å²) in [7, 11) is 0. The monoisotopic (exact) mass is 282 g/mol. The van der Waals surface area contributed by atoms with Crippen molar-refractivity contribution in [3.05, 3.63) is 24.3 Å². The first-order chi connectivity index (χ1) is 9.40. The molecule has 118 valence electrons. The van der Waals surface area contributed by atoms with Crippen molar-refractivity contribution in [1.29, 1.82) is 0 Å². The summed E-state index contributed by atoms with van der Waals surface area (Å²) in [5.41, 5.74) is 1.08. The number of allylic oxidation sites excluding steroid dienone is 2. The minimum absolute atomic E-state index is 0.274. The van der Waals surface area contributed by atoms with Crippen LogP contribution in [0.3, 0.4) is 0 Å². The summed E-state index contributed by atoms with van der Waals surface area (Å²) in [5, 5.41) is 19.2. The zero-order chi connectivity index (χ0) is 15.5. The summed E-state index contributed by atoms with van der Waals surface area (Å²) in [4.78, 5) is 0. The molecule has 0 aliphatic carbocycles. The van der Waals surface area contributed by atoms with Crippen LogP contribution in [0, 0.1) is 17.8 Å². The third-order valence-electron chi connectivity index (χ3n) is 3.90. The van der Waals surface area contributed by atoms with E-state index in [-0.39, 0.29) is 12.7 Å². The van der Waals surface area contributed by atoms with E-state index in [0.29, 0.717) is 17.8 Å². The lowest BCUT2D eigenvalue weighted by Crippen LogP contribution is -2.11. The van der Waals surface area contributed by atoms with Crippen molar-refractivity contribution < 1.29 is 10.2 Å². The van der Waals surface area contributed by atoms with Crippen LogP contribution in [-0.4, -0.2) is 22.9 Å². The lowest BCUT2D eigenvalue weighted by Gasteiger charge is -2.17. The second kappa shape index (κ2) is 11.1. The van der Waals surface area contributed by atoms with Crippen LogP contribution in [0.5, 0.6) is 0 Å². The Bertz CT molecular complexity index is 283. The van der Waals surface area contributed by atoms with Gasteiger partial charge in [0.15, 0.2) is 0 Å². The van der Waals surface area contributed by atoms with Gasteiger partial charge in [-0.05, 0) is 49.5 Å². The van der Waals surface area contributed by atoms with Gasteiger partial charge < -0.3 is 10.2 Å². The molecule has 2 heteroatoms. The Labute approximate surface area is 125 Å². The van der Waals surface area contributed by atoms with E-state index in [2.05, 4.69) is 33.4 Å². The SMILES string of the molecule is C=CCC(C)C=C(C)C(O)CCCC(C)CC(C)CO. The molecule has 0 rings (SSSR count). The molecule has 0 aliphatic heterocycles. The normalized spacial score (nSPS) is 18.4. The van der Waals surface area contributed by atoms with Crippen molar-refractivity contribution in [2.75, 3.05) is 6.61 Å². The summed E-state index contributed by atoms with van der Waals surface area (Å²) in [6.07, 6.45) is 8.79. The van der Waals surface area contributed by atoms with Crippen LogP contribution in [0.25, 0.3) is 0 Å². The van der Waals surface area contributed by atoms with Crippen molar-refractivity contribution in [1.82, 2.24) is 0 Å². The van der Waals surface area contributed by atoms with Gasteiger partial charge in [-0.3, -0.25) is 0 Å². The fraction of sp³-hybridized carbons (Fsp3) is 0.778. The van der Waals surface area contributed by atoms with Gasteiger partial charge in [0.2, 0.25) is 0 Å². The Kier molecular flexibility index (Phi) is 10.8. The smallest absolute Gasteiger partial charge is 0.0747 e. The zero-order valence-corrected chi connectivity index (χ0v) is 13.8. The first-order valence-corrected chi connectivity index (χ1v) is 7.98. The molecule has 0 heterocycles. The highest BCUT2D eigenvalue weighted by Crippen LogP contribution is 2.20. The topological polar surface area (TPSA) is 40.5 Å². The largest absolute Gasteiger partial charge is 0.396 e. The predicted molar refractivity (Wildman–Crippen MR) is 87.6 cm³/mol. The van der Waals surface area contributed by atoms with Crippen LogP contribution in [0.15, 0.2) is 24.3 Å². The zero-order valence-electron chi connectivity index (χ0n) is 13.8. The Morgan fingerprint density at radius 1 is 1.15 bits per heavy atom. The summed E-state index contributed by atoms with van der Waals surface area (Å²) >= 11 is 0. The van der Waals surface area contributed by atoms with Crippen molar-refractivity contribution in [3.63, 3.8) is 0 Å². The third kappa shape index (κ3) is 9.33. The Balaban J connectivity index is 3.97. The van der Waals surface area contributed by atoms with Gasteiger partial charge >= 0.3 is 0 Å². The van der Waals surface area contributed by atoms with Gasteiger partial charge in [-0.15, -0.1) is 6.58 Å². The molecule has 2 N–H and O–H groups in total. The molecular weight excluding hydrogens is 248 g/mol. The highest BCUT2D eigenvalue weighted by Gasteiger charge is 2.11. The first-order valence-electron chi connectivity index (χ1n) is 7.98. The first kappa shape index (κ1) is 19.4. The van der Waals surface area contributed by atoms with Gasteiger partial charge in [-0.1, -0.05) is 45.8 Å². The van der Waals surface area contributed by atoms with E-state index in [9.17, 15) is 5.11 Å². The summed E-state index contributed by atoms with van der Waals surface area (Å²) in [6.45, 7) is 12.5. The molecule has 0 radical (unpaired) electrons. The van der Waals surface area contributed by atoms with E-state index < -0.39 is 0 Å². The minimum Gasteiger partial charge on any atom is -0.396 e. The minimum atomic E-state index is -0.315. The fourth-order valence-corrected chi connectivity index (χ4v) is 2.66. The number of hydrogen-bond donors (Lipinski definition) is 2. The van der Waals surface area contributed by atoms with Crippen molar-refractivity contribution in [2.24, 2.45) is 17.8 Å². The van der Waals surface area contributed by atoms with Crippen LogP contribution in [0.4, 0.5) is 0 Å². The predicted octanol–water partition coefficient (Wildman–Crippen LogP) is 4.33. The molecule has 0 fully saturated rings. The molecular formula is C18H34O2. The summed E-state index contributed by atoms with van der Waals surface area (Å²) < 4.78 is 0. The molecule has 0 aromatic heterocycles. The van der Waals surface area contributed by atoms with E-state index in [0.717, 1.165) is 37.7 Å². The molecule has 0 spiro atoms. The van der Waals surface area contributed by atoms with Gasteiger partial charge in [-0.25, -0.2) is 0 Å². The van der Waals surface area contributed by atoms with Gasteiger partial charge in [0, 0.05) is 6.61 Å². The average molecular weight is 282 g/mol. The number of aliphatic hydroxyl groups excluding tert-OH is 2. The van der Waals surface area contributed by atoms with E-state index in [1.54, 1.807) is 0 Å². The molecule has 0 bridgehead atoms. The molecule has 4 atom stereocenters. The standard InChI is InChI=1S/C18H34O2/c1-6-8-14(2)12-17(5)18(20)10-7-9-15(3)11-16(4)13-19/h6,12,14-16,18-20H,1,7-11,13H2,2-5H3. The second-order valence-corrected chi connectivity index (χ2v) is 6.49. The van der Waals surface area contributed by atoms with E-state index in [4.69, 9.17) is 5.11 Å². The summed E-state index contributed by atoms with van der Waals surface area (Å²) in [5.74, 6) is 1.45. The molecule has 0 aromatic rings. The van der Waals surface area contributed by atoms with E-state index >= 15 is 0 Å². The lowest BCUT2D eigenvalue weighted by molar-refractivity contribution is 0.186. The quantitative estimate of drug-likeness (QED) is 0.554. The highest BCUT2D eigenvalue weighted by atomic mass is 16.3. The van der Waals surface area contributed by atoms with Crippen LogP contribution >= 0.6 is 0 Å². The van der Waals surface area contributed by atoms with Crippen molar-refractivity contribution in [2.45, 2.75) is 65.9 Å². The molecule has 0 saturated carbocycles.